The Morgan fingerprint density at radius 3 is 3.06 bits per heavy atom. The maximum absolute atomic E-state index is 12.0. The van der Waals surface area contributed by atoms with E-state index in [1.54, 1.807) is 0 Å². The monoisotopic (exact) mass is 249 g/mol. The number of nitrogens with one attached hydrogen (secondary N) is 2. The Morgan fingerprint density at radius 2 is 2.33 bits per heavy atom. The van der Waals surface area contributed by atoms with E-state index in [9.17, 15) is 4.79 Å². The first-order valence-corrected chi connectivity index (χ1v) is 5.60. The van der Waals surface area contributed by atoms with Gasteiger partial charge in [-0.25, -0.2) is 0 Å². The van der Waals surface area contributed by atoms with Crippen molar-refractivity contribution >= 4 is 16.8 Å². The summed E-state index contributed by atoms with van der Waals surface area (Å²) in [6.45, 7) is 0.0759. The number of aliphatic hydroxyl groups is 1. The van der Waals surface area contributed by atoms with Crippen molar-refractivity contribution in [3.05, 3.63) is 30.0 Å². The van der Waals surface area contributed by atoms with E-state index in [1.165, 1.54) is 7.11 Å². The summed E-state index contributed by atoms with van der Waals surface area (Å²) in [4.78, 5) is 12.0. The van der Waals surface area contributed by atoms with Crippen LogP contribution in [0.5, 0.6) is 0 Å². The number of hydrogen-bond donors (Lipinski definition) is 3. The topological polar surface area (TPSA) is 87.2 Å². The van der Waals surface area contributed by atoms with Crippen LogP contribution in [-0.2, 0) is 4.74 Å². The molecule has 0 aliphatic heterocycles. The third-order valence-corrected chi connectivity index (χ3v) is 2.61. The van der Waals surface area contributed by atoms with E-state index < -0.39 is 6.04 Å². The van der Waals surface area contributed by atoms with Gasteiger partial charge in [0.15, 0.2) is 5.69 Å². The van der Waals surface area contributed by atoms with Gasteiger partial charge in [0.1, 0.15) is 0 Å². The Morgan fingerprint density at radius 1 is 1.56 bits per heavy atom. The summed E-state index contributed by atoms with van der Waals surface area (Å²) in [5.74, 6) is -0.330. The number of nitrogens with zero attached hydrogens (tertiary/aromatic N) is 1. The molecule has 0 aliphatic rings. The predicted octanol–water partition coefficient (Wildman–Crippen LogP) is 0.300. The van der Waals surface area contributed by atoms with Crippen LogP contribution in [0.15, 0.2) is 24.3 Å². The summed E-state index contributed by atoms with van der Waals surface area (Å²) in [5.41, 5.74) is 1.12. The summed E-state index contributed by atoms with van der Waals surface area (Å²) < 4.78 is 4.90. The lowest BCUT2D eigenvalue weighted by Gasteiger charge is -2.14. The van der Waals surface area contributed by atoms with Gasteiger partial charge in [0.05, 0.1) is 24.8 Å². The number of benzene rings is 1. The largest absolute Gasteiger partial charge is 0.394 e. The first-order chi connectivity index (χ1) is 8.76. The van der Waals surface area contributed by atoms with Crippen molar-refractivity contribution in [2.75, 3.05) is 20.3 Å². The quantitative estimate of drug-likeness (QED) is 0.711. The van der Waals surface area contributed by atoms with Gasteiger partial charge in [-0.1, -0.05) is 18.2 Å². The van der Waals surface area contributed by atoms with Crippen LogP contribution in [-0.4, -0.2) is 47.6 Å². The third kappa shape index (κ3) is 2.49. The number of carbonyl (C=O) groups is 1. The van der Waals surface area contributed by atoms with Crippen LogP contribution >= 0.6 is 0 Å². The molecule has 18 heavy (non-hydrogen) atoms. The molecule has 1 unspecified atom stereocenters. The smallest absolute Gasteiger partial charge is 0.272 e. The van der Waals surface area contributed by atoms with Crippen LogP contribution in [0.25, 0.3) is 10.9 Å². The molecule has 1 atom stereocenters. The van der Waals surface area contributed by atoms with Crippen molar-refractivity contribution in [3.63, 3.8) is 0 Å². The van der Waals surface area contributed by atoms with Crippen molar-refractivity contribution in [1.82, 2.24) is 15.5 Å². The Hall–Kier alpha value is -1.92. The molecule has 0 bridgehead atoms. The van der Waals surface area contributed by atoms with Gasteiger partial charge in [0, 0.05) is 12.5 Å². The molecule has 0 fully saturated rings. The van der Waals surface area contributed by atoms with Crippen LogP contribution in [0.1, 0.15) is 10.5 Å². The molecule has 0 spiro atoms. The lowest BCUT2D eigenvalue weighted by molar-refractivity contribution is 0.0836. The number of carbonyl (C=O) groups excluding carboxylic acids is 1. The van der Waals surface area contributed by atoms with Crippen LogP contribution in [0.4, 0.5) is 0 Å². The molecule has 0 saturated carbocycles. The summed E-state index contributed by atoms with van der Waals surface area (Å²) in [7, 11) is 1.51. The molecule has 1 heterocycles. The number of fused-ring (bicyclic) bond motifs is 1. The highest BCUT2D eigenvalue weighted by atomic mass is 16.5. The van der Waals surface area contributed by atoms with Gasteiger partial charge in [-0.2, -0.15) is 5.10 Å². The number of rotatable bonds is 5. The summed E-state index contributed by atoms with van der Waals surface area (Å²) in [6.07, 6.45) is 0. The molecule has 1 amide bonds. The minimum absolute atomic E-state index is 0.179. The molecular formula is C12H15N3O3. The van der Waals surface area contributed by atoms with Gasteiger partial charge in [-0.15, -0.1) is 0 Å². The number of amides is 1. The molecule has 3 N–H and O–H groups in total. The average Bonchev–Trinajstić information content (AvgIpc) is 2.82. The highest BCUT2D eigenvalue weighted by molar-refractivity contribution is 6.04. The van der Waals surface area contributed by atoms with Gasteiger partial charge in [-0.3, -0.25) is 9.89 Å². The van der Waals surface area contributed by atoms with Gasteiger partial charge in [0.25, 0.3) is 5.91 Å². The minimum Gasteiger partial charge on any atom is -0.394 e. The number of methoxy groups -OCH3 is 1. The van der Waals surface area contributed by atoms with Gasteiger partial charge in [-0.05, 0) is 6.07 Å². The predicted molar refractivity (Wildman–Crippen MR) is 66.3 cm³/mol. The maximum atomic E-state index is 12.0. The minimum atomic E-state index is -0.432. The highest BCUT2D eigenvalue weighted by Crippen LogP contribution is 2.14. The van der Waals surface area contributed by atoms with E-state index in [0.29, 0.717) is 5.69 Å². The molecule has 0 radical (unpaired) electrons. The fraction of sp³-hybridized carbons (Fsp3) is 0.333. The van der Waals surface area contributed by atoms with Crippen LogP contribution < -0.4 is 5.32 Å². The van der Waals surface area contributed by atoms with Crippen LogP contribution in [0.2, 0.25) is 0 Å². The number of ether oxygens (including phenoxy) is 1. The van der Waals surface area contributed by atoms with Crippen molar-refractivity contribution in [3.8, 4) is 0 Å². The Kier molecular flexibility index (Phi) is 3.91. The van der Waals surface area contributed by atoms with Gasteiger partial charge in [0.2, 0.25) is 0 Å². The zero-order valence-corrected chi connectivity index (χ0v) is 10.0. The second kappa shape index (κ2) is 5.61. The standard InChI is InChI=1S/C12H15N3O3/c1-18-7-8(6-16)13-12(17)11-9-4-2-3-5-10(9)14-15-11/h2-5,8,16H,6-7H2,1H3,(H,13,17)(H,14,15). The summed E-state index contributed by atoms with van der Waals surface area (Å²) >= 11 is 0. The van der Waals surface area contributed by atoms with E-state index >= 15 is 0 Å². The number of hydrogen-bond acceptors (Lipinski definition) is 4. The molecule has 6 nitrogen and oxygen atoms in total. The highest BCUT2D eigenvalue weighted by Gasteiger charge is 2.17. The Labute approximate surface area is 104 Å². The second-order valence-electron chi connectivity index (χ2n) is 3.93. The fourth-order valence-electron chi connectivity index (χ4n) is 1.73. The Balaban J connectivity index is 2.18. The van der Waals surface area contributed by atoms with E-state index in [1.807, 2.05) is 24.3 Å². The van der Waals surface area contributed by atoms with Crippen LogP contribution in [0, 0.1) is 0 Å². The van der Waals surface area contributed by atoms with Crippen molar-refractivity contribution in [1.29, 1.82) is 0 Å². The molecule has 1 aromatic heterocycles. The van der Waals surface area contributed by atoms with Gasteiger partial charge >= 0.3 is 0 Å². The maximum Gasteiger partial charge on any atom is 0.272 e. The average molecular weight is 249 g/mol. The molecule has 6 heteroatoms. The third-order valence-electron chi connectivity index (χ3n) is 2.61. The Bertz CT molecular complexity index is 538. The number of aliphatic hydroxyl groups excluding tert-OH is 1. The fourth-order valence-corrected chi connectivity index (χ4v) is 1.73. The molecule has 0 aliphatic carbocycles. The number of aromatic nitrogens is 2. The molecule has 0 saturated heterocycles. The van der Waals surface area contributed by atoms with Crippen molar-refractivity contribution in [2.45, 2.75) is 6.04 Å². The molecule has 2 aromatic rings. The van der Waals surface area contributed by atoms with Crippen molar-refractivity contribution in [2.24, 2.45) is 0 Å². The number of H-pyrrole nitrogens is 1. The molecule has 96 valence electrons. The van der Waals surface area contributed by atoms with Gasteiger partial charge < -0.3 is 15.2 Å². The molecular weight excluding hydrogens is 234 g/mol. The van der Waals surface area contributed by atoms with E-state index in [-0.39, 0.29) is 19.1 Å². The van der Waals surface area contributed by atoms with E-state index in [4.69, 9.17) is 9.84 Å². The first-order valence-electron chi connectivity index (χ1n) is 5.60. The van der Waals surface area contributed by atoms with E-state index in [2.05, 4.69) is 15.5 Å². The SMILES string of the molecule is COCC(CO)NC(=O)c1n[nH]c2ccccc12. The summed E-state index contributed by atoms with van der Waals surface area (Å²) in [5, 5.41) is 19.3. The lowest BCUT2D eigenvalue weighted by Crippen LogP contribution is -2.40. The summed E-state index contributed by atoms with van der Waals surface area (Å²) in [6, 6.07) is 6.94. The van der Waals surface area contributed by atoms with E-state index in [0.717, 1.165) is 10.9 Å². The lowest BCUT2D eigenvalue weighted by atomic mass is 10.2. The normalized spacial score (nSPS) is 12.6. The first kappa shape index (κ1) is 12.5. The van der Waals surface area contributed by atoms with Crippen molar-refractivity contribution < 1.29 is 14.6 Å². The molecule has 2 rings (SSSR count). The number of aromatic amines is 1. The second-order valence-corrected chi connectivity index (χ2v) is 3.93. The zero-order chi connectivity index (χ0) is 13.0. The zero-order valence-electron chi connectivity index (χ0n) is 10.0. The number of para-hydroxylation sites is 1. The molecule has 1 aromatic carbocycles. The van der Waals surface area contributed by atoms with Crippen LogP contribution in [0.3, 0.4) is 0 Å².